The van der Waals surface area contributed by atoms with E-state index >= 15 is 0 Å². The number of hydrogen-bond donors (Lipinski definition) is 3. The zero-order valence-corrected chi connectivity index (χ0v) is 15.1. The lowest BCUT2D eigenvalue weighted by Gasteiger charge is -2.13. The zero-order valence-electron chi connectivity index (χ0n) is 13.5. The lowest BCUT2D eigenvalue weighted by atomic mass is 10.2. The first kappa shape index (κ1) is 17.6. The summed E-state index contributed by atoms with van der Waals surface area (Å²) in [6.45, 7) is 2.00. The number of nitrogens with one attached hydrogen (secondary N) is 2. The summed E-state index contributed by atoms with van der Waals surface area (Å²) >= 11 is 6.00. The van der Waals surface area contributed by atoms with Crippen molar-refractivity contribution >= 4 is 44.6 Å². The van der Waals surface area contributed by atoms with Gasteiger partial charge in [0.05, 0.1) is 16.4 Å². The van der Waals surface area contributed by atoms with Gasteiger partial charge in [-0.05, 0) is 42.7 Å². The largest absolute Gasteiger partial charge is 0.398 e. The summed E-state index contributed by atoms with van der Waals surface area (Å²) in [5.74, 6) is 0.234. The smallest absolute Gasteiger partial charge is 0.264 e. The van der Waals surface area contributed by atoms with Gasteiger partial charge in [0.15, 0.2) is 0 Å². The van der Waals surface area contributed by atoms with Gasteiger partial charge in [-0.3, -0.25) is 9.52 Å². The van der Waals surface area contributed by atoms with E-state index in [0.29, 0.717) is 11.6 Å². The number of rotatable bonds is 5. The van der Waals surface area contributed by atoms with E-state index < -0.39 is 10.0 Å². The molecule has 25 heavy (non-hydrogen) atoms. The molecule has 1 aliphatic rings. The first-order valence-corrected chi connectivity index (χ1v) is 9.62. The Balaban J connectivity index is 1.86. The Kier molecular flexibility index (Phi) is 4.62. The first-order valence-electron chi connectivity index (χ1n) is 7.75. The van der Waals surface area contributed by atoms with Gasteiger partial charge in [-0.25, -0.2) is 8.42 Å². The Morgan fingerprint density at radius 3 is 2.56 bits per heavy atom. The second-order valence-corrected chi connectivity index (χ2v) is 8.20. The molecule has 0 radical (unpaired) electrons. The second-order valence-electron chi connectivity index (χ2n) is 6.15. The average Bonchev–Trinajstić information content (AvgIpc) is 3.28. The summed E-state index contributed by atoms with van der Waals surface area (Å²) < 4.78 is 27.7. The van der Waals surface area contributed by atoms with Crippen LogP contribution in [0.4, 0.5) is 17.1 Å². The van der Waals surface area contributed by atoms with E-state index in [1.165, 1.54) is 12.1 Å². The SMILES string of the molecule is CC1CC1C(=O)Nc1ccc(N)c(S(=O)(=O)Nc2ccccc2Cl)c1. The van der Waals surface area contributed by atoms with Crippen LogP contribution in [0, 0.1) is 11.8 Å². The summed E-state index contributed by atoms with van der Waals surface area (Å²) in [6.07, 6.45) is 0.847. The van der Waals surface area contributed by atoms with Crippen LogP contribution in [-0.2, 0) is 14.8 Å². The Morgan fingerprint density at radius 2 is 1.92 bits per heavy atom. The molecule has 132 valence electrons. The highest BCUT2D eigenvalue weighted by atomic mass is 35.5. The van der Waals surface area contributed by atoms with Gasteiger partial charge in [0.25, 0.3) is 10.0 Å². The number of hydrogen-bond acceptors (Lipinski definition) is 4. The number of carbonyl (C=O) groups is 1. The van der Waals surface area contributed by atoms with Gasteiger partial charge in [0, 0.05) is 11.6 Å². The second kappa shape index (κ2) is 6.57. The molecule has 0 bridgehead atoms. The Hall–Kier alpha value is -2.25. The Labute approximate surface area is 151 Å². The highest BCUT2D eigenvalue weighted by Gasteiger charge is 2.39. The van der Waals surface area contributed by atoms with Crippen LogP contribution in [-0.4, -0.2) is 14.3 Å². The number of amides is 1. The van der Waals surface area contributed by atoms with Crippen LogP contribution in [0.3, 0.4) is 0 Å². The number of carbonyl (C=O) groups excluding carboxylic acids is 1. The molecule has 1 aliphatic carbocycles. The fourth-order valence-electron chi connectivity index (χ4n) is 2.51. The van der Waals surface area contributed by atoms with Crippen molar-refractivity contribution in [2.24, 2.45) is 11.8 Å². The lowest BCUT2D eigenvalue weighted by molar-refractivity contribution is -0.117. The molecule has 0 spiro atoms. The first-order chi connectivity index (χ1) is 11.8. The number of sulfonamides is 1. The number of halogens is 1. The number of benzene rings is 2. The number of nitrogen functional groups attached to an aromatic ring is 1. The van der Waals surface area contributed by atoms with Crippen LogP contribution in [0.25, 0.3) is 0 Å². The van der Waals surface area contributed by atoms with Crippen molar-refractivity contribution in [1.29, 1.82) is 0 Å². The minimum atomic E-state index is -3.95. The van der Waals surface area contributed by atoms with Gasteiger partial charge in [-0.2, -0.15) is 0 Å². The average molecular weight is 380 g/mol. The molecule has 0 aliphatic heterocycles. The molecule has 0 aromatic heterocycles. The topological polar surface area (TPSA) is 101 Å². The lowest BCUT2D eigenvalue weighted by Crippen LogP contribution is -2.17. The summed E-state index contributed by atoms with van der Waals surface area (Å²) in [7, 11) is -3.95. The molecular weight excluding hydrogens is 362 g/mol. The van der Waals surface area contributed by atoms with Crippen LogP contribution >= 0.6 is 11.6 Å². The maximum atomic E-state index is 12.6. The molecule has 2 unspecified atom stereocenters. The van der Waals surface area contributed by atoms with Gasteiger partial charge in [-0.15, -0.1) is 0 Å². The normalized spacial score (nSPS) is 19.3. The highest BCUT2D eigenvalue weighted by Crippen LogP contribution is 2.38. The third-order valence-electron chi connectivity index (χ3n) is 4.14. The van der Waals surface area contributed by atoms with Gasteiger partial charge in [0.2, 0.25) is 5.91 Å². The number of nitrogens with two attached hydrogens (primary N) is 1. The van der Waals surface area contributed by atoms with Crippen LogP contribution in [0.1, 0.15) is 13.3 Å². The summed E-state index contributed by atoms with van der Waals surface area (Å²) in [5, 5.41) is 3.01. The zero-order chi connectivity index (χ0) is 18.2. The number of anilines is 3. The van der Waals surface area contributed by atoms with E-state index in [-0.39, 0.29) is 33.1 Å². The maximum absolute atomic E-state index is 12.6. The summed E-state index contributed by atoms with van der Waals surface area (Å²) in [5.41, 5.74) is 6.55. The third-order valence-corrected chi connectivity index (χ3v) is 5.89. The van der Waals surface area contributed by atoms with Crippen LogP contribution in [0.5, 0.6) is 0 Å². The monoisotopic (exact) mass is 379 g/mol. The Morgan fingerprint density at radius 1 is 1.24 bits per heavy atom. The van der Waals surface area contributed by atoms with Crippen molar-refractivity contribution in [3.8, 4) is 0 Å². The predicted octanol–water partition coefficient (Wildman–Crippen LogP) is 3.32. The van der Waals surface area contributed by atoms with Crippen molar-refractivity contribution in [3.05, 3.63) is 47.5 Å². The van der Waals surface area contributed by atoms with Gasteiger partial charge >= 0.3 is 0 Å². The third kappa shape index (κ3) is 3.88. The van der Waals surface area contributed by atoms with Crippen molar-refractivity contribution in [1.82, 2.24) is 0 Å². The summed E-state index contributed by atoms with van der Waals surface area (Å²) in [4.78, 5) is 11.9. The van der Waals surface area contributed by atoms with E-state index in [1.807, 2.05) is 6.92 Å². The molecule has 2 atom stereocenters. The molecule has 2 aromatic carbocycles. The van der Waals surface area contributed by atoms with Crippen LogP contribution in [0.2, 0.25) is 5.02 Å². The molecule has 0 heterocycles. The number of para-hydroxylation sites is 1. The van der Waals surface area contributed by atoms with Crippen molar-refractivity contribution in [2.75, 3.05) is 15.8 Å². The molecule has 1 fully saturated rings. The molecule has 1 amide bonds. The summed E-state index contributed by atoms with van der Waals surface area (Å²) in [6, 6.07) is 10.9. The molecule has 4 N–H and O–H groups in total. The molecular formula is C17H18ClN3O3S. The van der Waals surface area contributed by atoms with Gasteiger partial charge in [0.1, 0.15) is 4.90 Å². The molecule has 3 rings (SSSR count). The molecule has 8 heteroatoms. The van der Waals surface area contributed by atoms with Crippen molar-refractivity contribution in [3.63, 3.8) is 0 Å². The van der Waals surface area contributed by atoms with E-state index in [0.717, 1.165) is 6.42 Å². The van der Waals surface area contributed by atoms with E-state index in [2.05, 4.69) is 10.0 Å². The van der Waals surface area contributed by atoms with Crippen LogP contribution in [0.15, 0.2) is 47.4 Å². The van der Waals surface area contributed by atoms with Gasteiger partial charge in [-0.1, -0.05) is 30.7 Å². The molecule has 0 saturated heterocycles. The molecule has 1 saturated carbocycles. The quantitative estimate of drug-likeness (QED) is 0.693. The van der Waals surface area contributed by atoms with E-state index in [4.69, 9.17) is 17.3 Å². The fraction of sp³-hybridized carbons (Fsp3) is 0.235. The minimum Gasteiger partial charge on any atom is -0.398 e. The highest BCUT2D eigenvalue weighted by molar-refractivity contribution is 7.93. The van der Waals surface area contributed by atoms with Crippen LogP contribution < -0.4 is 15.8 Å². The molecule has 2 aromatic rings. The van der Waals surface area contributed by atoms with Crippen molar-refractivity contribution < 1.29 is 13.2 Å². The van der Waals surface area contributed by atoms with Crippen molar-refractivity contribution in [2.45, 2.75) is 18.2 Å². The molecule has 6 nitrogen and oxygen atoms in total. The Bertz CT molecular complexity index is 930. The van der Waals surface area contributed by atoms with E-state index in [1.54, 1.807) is 30.3 Å². The minimum absolute atomic E-state index is 0.0149. The predicted molar refractivity (Wildman–Crippen MR) is 99.0 cm³/mol. The standard InChI is InChI=1S/C17H18ClN3O3S/c1-10-8-12(10)17(22)20-11-6-7-14(19)16(9-11)25(23,24)21-15-5-3-2-4-13(15)18/h2-7,9-10,12,21H,8,19H2,1H3,(H,20,22). The van der Waals surface area contributed by atoms with E-state index in [9.17, 15) is 13.2 Å². The van der Waals surface area contributed by atoms with Gasteiger partial charge < -0.3 is 11.1 Å². The fourth-order valence-corrected chi connectivity index (χ4v) is 3.99. The maximum Gasteiger partial charge on any atom is 0.264 e.